The minimum atomic E-state index is -5.00. The van der Waals surface area contributed by atoms with Crippen molar-refractivity contribution >= 4 is 17.5 Å². The number of halogens is 3. The predicted molar refractivity (Wildman–Crippen MR) is 74.0 cm³/mol. The van der Waals surface area contributed by atoms with Gasteiger partial charge in [0, 0.05) is 23.2 Å². The molecule has 7 heteroatoms. The maximum atomic E-state index is 12.7. The van der Waals surface area contributed by atoms with E-state index in [-0.39, 0.29) is 29.7 Å². The van der Waals surface area contributed by atoms with E-state index in [2.05, 4.69) is 0 Å². The zero-order valence-corrected chi connectivity index (χ0v) is 11.9. The number of hydrogen-bond donors (Lipinski definition) is 0. The number of amides is 1. The van der Waals surface area contributed by atoms with Crippen molar-refractivity contribution in [2.75, 3.05) is 6.54 Å². The number of nitrogens with zero attached hydrogens (tertiary/aromatic N) is 1. The fraction of sp³-hybridized carbons (Fsp3) is 0.312. The average molecular weight is 323 g/mol. The van der Waals surface area contributed by atoms with Crippen molar-refractivity contribution in [3.05, 3.63) is 47.0 Å². The molecule has 1 unspecified atom stereocenters. The van der Waals surface area contributed by atoms with Gasteiger partial charge in [-0.2, -0.15) is 13.2 Å². The van der Waals surface area contributed by atoms with E-state index in [1.807, 2.05) is 0 Å². The van der Waals surface area contributed by atoms with Gasteiger partial charge in [-0.25, -0.2) is 0 Å². The van der Waals surface area contributed by atoms with Crippen LogP contribution in [0.1, 0.15) is 33.6 Å². The van der Waals surface area contributed by atoms with Gasteiger partial charge in [-0.3, -0.25) is 14.4 Å². The van der Waals surface area contributed by atoms with Gasteiger partial charge in [-0.15, -0.1) is 0 Å². The molecule has 1 aliphatic heterocycles. The highest BCUT2D eigenvalue weighted by molar-refractivity contribution is 6.25. The molecule has 3 rings (SSSR count). The third kappa shape index (κ3) is 2.56. The molecule has 23 heavy (non-hydrogen) atoms. The number of benzene rings is 1. The lowest BCUT2D eigenvalue weighted by Crippen LogP contribution is -2.46. The summed E-state index contributed by atoms with van der Waals surface area (Å²) in [5.74, 6) is -2.89. The Morgan fingerprint density at radius 2 is 1.78 bits per heavy atom. The van der Waals surface area contributed by atoms with Gasteiger partial charge in [0.2, 0.25) is 0 Å². The first-order valence-corrected chi connectivity index (χ1v) is 7.08. The van der Waals surface area contributed by atoms with Crippen molar-refractivity contribution in [2.45, 2.75) is 25.1 Å². The summed E-state index contributed by atoms with van der Waals surface area (Å²) in [6, 6.07) is 5.15. The molecule has 1 amide bonds. The SMILES string of the molecule is O=C1C=C(C2CCCN2C(=O)C(F)(F)F)C(=O)c2ccccc21. The van der Waals surface area contributed by atoms with Crippen LogP contribution in [0.15, 0.2) is 35.9 Å². The van der Waals surface area contributed by atoms with Crippen LogP contribution in [0.2, 0.25) is 0 Å². The number of carbonyl (C=O) groups is 3. The minimum absolute atomic E-state index is 0.0381. The Bertz CT molecular complexity index is 736. The molecule has 1 fully saturated rings. The first-order valence-electron chi connectivity index (χ1n) is 7.08. The van der Waals surface area contributed by atoms with Crippen LogP contribution in [-0.2, 0) is 4.79 Å². The number of rotatable bonds is 1. The van der Waals surface area contributed by atoms with E-state index >= 15 is 0 Å². The predicted octanol–water partition coefficient (Wildman–Crippen LogP) is 2.55. The van der Waals surface area contributed by atoms with E-state index in [0.717, 1.165) is 6.08 Å². The fourth-order valence-electron chi connectivity index (χ4n) is 3.08. The lowest BCUT2D eigenvalue weighted by Gasteiger charge is -2.28. The van der Waals surface area contributed by atoms with E-state index in [0.29, 0.717) is 11.3 Å². The fourth-order valence-corrected chi connectivity index (χ4v) is 3.08. The molecule has 0 spiro atoms. The van der Waals surface area contributed by atoms with Gasteiger partial charge >= 0.3 is 12.1 Å². The first-order chi connectivity index (χ1) is 10.8. The quantitative estimate of drug-likeness (QED) is 0.798. The van der Waals surface area contributed by atoms with Crippen LogP contribution in [-0.4, -0.2) is 41.1 Å². The second kappa shape index (κ2) is 5.33. The van der Waals surface area contributed by atoms with E-state index in [1.54, 1.807) is 12.1 Å². The molecule has 0 bridgehead atoms. The van der Waals surface area contributed by atoms with Gasteiger partial charge in [0.05, 0.1) is 6.04 Å². The van der Waals surface area contributed by atoms with Crippen LogP contribution in [0.4, 0.5) is 13.2 Å². The van der Waals surface area contributed by atoms with Crippen molar-refractivity contribution in [1.29, 1.82) is 0 Å². The number of allylic oxidation sites excluding steroid dienone is 1. The minimum Gasteiger partial charge on any atom is -0.328 e. The summed E-state index contributed by atoms with van der Waals surface area (Å²) < 4.78 is 38.1. The Balaban J connectivity index is 1.97. The lowest BCUT2D eigenvalue weighted by molar-refractivity contribution is -0.185. The molecule has 0 saturated carbocycles. The van der Waals surface area contributed by atoms with Crippen molar-refractivity contribution in [2.24, 2.45) is 0 Å². The standard InChI is InChI=1S/C16H12F3NO3/c17-16(18,19)15(23)20-7-3-6-12(20)11-8-13(21)9-4-1-2-5-10(9)14(11)22/h1-2,4-5,8,12H,3,6-7H2. The topological polar surface area (TPSA) is 54.5 Å². The van der Waals surface area contributed by atoms with Gasteiger partial charge in [-0.05, 0) is 18.9 Å². The highest BCUT2D eigenvalue weighted by atomic mass is 19.4. The Morgan fingerprint density at radius 3 is 2.43 bits per heavy atom. The molecule has 120 valence electrons. The Kier molecular flexibility index (Phi) is 3.58. The molecular weight excluding hydrogens is 311 g/mol. The van der Waals surface area contributed by atoms with Gasteiger partial charge in [0.25, 0.3) is 0 Å². The van der Waals surface area contributed by atoms with E-state index in [9.17, 15) is 27.6 Å². The number of ketones is 2. The third-order valence-corrected chi connectivity index (χ3v) is 4.10. The monoisotopic (exact) mass is 323 g/mol. The Morgan fingerprint density at radius 1 is 1.13 bits per heavy atom. The second-order valence-corrected chi connectivity index (χ2v) is 5.49. The first kappa shape index (κ1) is 15.5. The normalized spacial score (nSPS) is 21.3. The van der Waals surface area contributed by atoms with Crippen LogP contribution in [0.5, 0.6) is 0 Å². The molecule has 0 N–H and O–H groups in total. The van der Waals surface area contributed by atoms with Gasteiger partial charge in [0.15, 0.2) is 11.6 Å². The number of Topliss-reactive ketones (excluding diaryl/α,β-unsaturated/α-hetero) is 1. The summed E-state index contributed by atoms with van der Waals surface area (Å²) in [5, 5.41) is 0. The summed E-state index contributed by atoms with van der Waals surface area (Å²) in [5.41, 5.74) is 0.359. The van der Waals surface area contributed by atoms with Crippen LogP contribution in [0, 0.1) is 0 Å². The molecule has 1 atom stereocenters. The largest absolute Gasteiger partial charge is 0.471 e. The zero-order valence-electron chi connectivity index (χ0n) is 11.9. The third-order valence-electron chi connectivity index (χ3n) is 4.10. The number of likely N-dealkylation sites (tertiary alicyclic amines) is 1. The number of fused-ring (bicyclic) bond motifs is 1. The molecule has 4 nitrogen and oxygen atoms in total. The summed E-state index contributed by atoms with van der Waals surface area (Å²) in [7, 11) is 0. The lowest BCUT2D eigenvalue weighted by atomic mass is 9.85. The number of hydrogen-bond acceptors (Lipinski definition) is 3. The molecule has 1 aromatic rings. The van der Waals surface area contributed by atoms with E-state index in [4.69, 9.17) is 0 Å². The smallest absolute Gasteiger partial charge is 0.328 e. The molecule has 0 radical (unpaired) electrons. The van der Waals surface area contributed by atoms with Gasteiger partial charge in [0.1, 0.15) is 0 Å². The highest BCUT2D eigenvalue weighted by Crippen LogP contribution is 2.33. The van der Waals surface area contributed by atoms with Crippen molar-refractivity contribution in [3.8, 4) is 0 Å². The maximum absolute atomic E-state index is 12.7. The van der Waals surface area contributed by atoms with Crippen LogP contribution < -0.4 is 0 Å². The van der Waals surface area contributed by atoms with E-state index in [1.165, 1.54) is 12.1 Å². The maximum Gasteiger partial charge on any atom is 0.471 e. The summed E-state index contributed by atoms with van der Waals surface area (Å²) in [6.07, 6.45) is -3.35. The Labute approximate surface area is 129 Å². The summed E-state index contributed by atoms with van der Waals surface area (Å²) in [6.45, 7) is -0.0799. The zero-order chi connectivity index (χ0) is 16.8. The summed E-state index contributed by atoms with van der Waals surface area (Å²) in [4.78, 5) is 36.8. The molecule has 1 aliphatic carbocycles. The molecule has 1 saturated heterocycles. The second-order valence-electron chi connectivity index (χ2n) is 5.49. The van der Waals surface area contributed by atoms with Crippen LogP contribution in [0.3, 0.4) is 0 Å². The van der Waals surface area contributed by atoms with E-state index < -0.39 is 29.7 Å². The molecule has 1 heterocycles. The van der Waals surface area contributed by atoms with Crippen molar-refractivity contribution < 1.29 is 27.6 Å². The number of alkyl halides is 3. The molecular formula is C16H12F3NO3. The van der Waals surface area contributed by atoms with Gasteiger partial charge < -0.3 is 4.90 Å². The number of carbonyl (C=O) groups excluding carboxylic acids is 3. The highest BCUT2D eigenvalue weighted by Gasteiger charge is 2.48. The Hall–Kier alpha value is -2.44. The van der Waals surface area contributed by atoms with Crippen LogP contribution in [0.25, 0.3) is 0 Å². The summed E-state index contributed by atoms with van der Waals surface area (Å²) >= 11 is 0. The molecule has 0 aromatic heterocycles. The van der Waals surface area contributed by atoms with Gasteiger partial charge in [-0.1, -0.05) is 24.3 Å². The van der Waals surface area contributed by atoms with Crippen molar-refractivity contribution in [1.82, 2.24) is 4.90 Å². The van der Waals surface area contributed by atoms with Crippen molar-refractivity contribution in [3.63, 3.8) is 0 Å². The average Bonchev–Trinajstić information content (AvgIpc) is 2.98. The molecule has 1 aromatic carbocycles. The van der Waals surface area contributed by atoms with Crippen LogP contribution >= 0.6 is 0 Å². The molecule has 2 aliphatic rings.